The molecule has 1 aromatic carbocycles. The summed E-state index contributed by atoms with van der Waals surface area (Å²) in [5.74, 6) is -0.964. The van der Waals surface area contributed by atoms with Gasteiger partial charge in [0.05, 0.1) is 0 Å². The lowest BCUT2D eigenvalue weighted by Crippen LogP contribution is -2.02. The van der Waals surface area contributed by atoms with Crippen molar-refractivity contribution >= 4 is 23.3 Å². The van der Waals surface area contributed by atoms with E-state index < -0.39 is 5.97 Å². The maximum absolute atomic E-state index is 10.5. The molecule has 1 aromatic rings. The van der Waals surface area contributed by atoms with Crippen molar-refractivity contribution in [1.29, 1.82) is 0 Å². The summed E-state index contributed by atoms with van der Waals surface area (Å²) in [6.45, 7) is 5.56. The predicted octanol–water partition coefficient (Wildman–Crippen LogP) is 3.36. The first-order valence-corrected chi connectivity index (χ1v) is 5.23. The lowest BCUT2D eigenvalue weighted by atomic mass is 10.1. The molecule has 0 spiro atoms. The first kappa shape index (κ1) is 12.6. The molecule has 3 nitrogen and oxygen atoms in total. The molecule has 0 fully saturated rings. The van der Waals surface area contributed by atoms with Crippen LogP contribution in [0.1, 0.15) is 18.1 Å². The molecule has 0 aliphatic rings. The Morgan fingerprint density at radius 2 is 1.88 bits per heavy atom. The molecule has 0 atom stereocenters. The van der Waals surface area contributed by atoms with Crippen LogP contribution < -0.4 is 5.32 Å². The van der Waals surface area contributed by atoms with Crippen LogP contribution in [0.5, 0.6) is 0 Å². The number of carboxylic acid groups (broad SMARTS) is 1. The van der Waals surface area contributed by atoms with E-state index in [1.165, 1.54) is 0 Å². The van der Waals surface area contributed by atoms with Gasteiger partial charge in [0, 0.05) is 22.5 Å². The zero-order chi connectivity index (χ0) is 12.3. The van der Waals surface area contributed by atoms with Crippen LogP contribution in [-0.4, -0.2) is 11.1 Å². The Morgan fingerprint density at radius 1 is 1.38 bits per heavy atom. The van der Waals surface area contributed by atoms with Crippen molar-refractivity contribution in [3.8, 4) is 0 Å². The summed E-state index contributed by atoms with van der Waals surface area (Å²) in [4.78, 5) is 10.5. The Hall–Kier alpha value is -1.48. The molecule has 0 aliphatic carbocycles. The fourth-order valence-corrected chi connectivity index (χ4v) is 1.85. The third-order valence-electron chi connectivity index (χ3n) is 2.16. The summed E-state index contributed by atoms with van der Waals surface area (Å²) in [6.07, 6.45) is 1.13. The van der Waals surface area contributed by atoms with Crippen molar-refractivity contribution in [3.63, 3.8) is 0 Å². The third-order valence-corrected chi connectivity index (χ3v) is 2.38. The van der Waals surface area contributed by atoms with Gasteiger partial charge in [0.25, 0.3) is 0 Å². The first-order valence-electron chi connectivity index (χ1n) is 4.85. The minimum absolute atomic E-state index is 0.584. The van der Waals surface area contributed by atoms with E-state index >= 15 is 0 Å². The smallest absolute Gasteiger partial charge is 0.330 e. The Kier molecular flexibility index (Phi) is 3.96. The minimum atomic E-state index is -0.964. The fourth-order valence-electron chi connectivity index (χ4n) is 1.53. The highest BCUT2D eigenvalue weighted by atomic mass is 35.5. The zero-order valence-corrected chi connectivity index (χ0v) is 10.2. The van der Waals surface area contributed by atoms with Crippen LogP contribution in [0, 0.1) is 13.8 Å². The monoisotopic (exact) mass is 239 g/mol. The van der Waals surface area contributed by atoms with Gasteiger partial charge in [-0.05, 0) is 44.0 Å². The average Bonchev–Trinajstić information content (AvgIpc) is 2.09. The summed E-state index contributed by atoms with van der Waals surface area (Å²) in [6, 6.07) is 3.68. The minimum Gasteiger partial charge on any atom is -0.478 e. The van der Waals surface area contributed by atoms with Gasteiger partial charge in [0.15, 0.2) is 0 Å². The normalized spacial score (nSPS) is 11.4. The lowest BCUT2D eigenvalue weighted by Gasteiger charge is -2.13. The van der Waals surface area contributed by atoms with Crippen LogP contribution in [0.4, 0.5) is 5.69 Å². The van der Waals surface area contributed by atoms with Crippen molar-refractivity contribution in [2.45, 2.75) is 20.8 Å². The van der Waals surface area contributed by atoms with Gasteiger partial charge in [-0.1, -0.05) is 11.6 Å². The SMILES string of the molecule is C/C(=C\C(=O)O)Nc1c(C)cc(Cl)cc1C. The summed E-state index contributed by atoms with van der Waals surface area (Å²) >= 11 is 5.91. The van der Waals surface area contributed by atoms with E-state index in [0.717, 1.165) is 22.9 Å². The highest BCUT2D eigenvalue weighted by molar-refractivity contribution is 6.30. The highest BCUT2D eigenvalue weighted by Gasteiger charge is 2.05. The van der Waals surface area contributed by atoms with E-state index in [1.54, 1.807) is 6.92 Å². The van der Waals surface area contributed by atoms with Gasteiger partial charge in [-0.3, -0.25) is 0 Å². The quantitative estimate of drug-likeness (QED) is 0.796. The van der Waals surface area contributed by atoms with Crippen molar-refractivity contribution in [1.82, 2.24) is 0 Å². The molecule has 0 unspecified atom stereocenters. The zero-order valence-electron chi connectivity index (χ0n) is 9.47. The number of aliphatic carboxylic acids is 1. The Morgan fingerprint density at radius 3 is 2.31 bits per heavy atom. The molecule has 0 aliphatic heterocycles. The van der Waals surface area contributed by atoms with Gasteiger partial charge in [0.2, 0.25) is 0 Å². The van der Waals surface area contributed by atoms with Gasteiger partial charge in [-0.2, -0.15) is 0 Å². The largest absolute Gasteiger partial charge is 0.478 e. The molecule has 2 N–H and O–H groups in total. The van der Waals surface area contributed by atoms with E-state index in [9.17, 15) is 4.79 Å². The van der Waals surface area contributed by atoms with E-state index in [4.69, 9.17) is 16.7 Å². The maximum atomic E-state index is 10.5. The number of carboxylic acids is 1. The second kappa shape index (κ2) is 5.03. The summed E-state index contributed by atoms with van der Waals surface area (Å²) in [7, 11) is 0. The van der Waals surface area contributed by atoms with Crippen LogP contribution in [-0.2, 0) is 4.79 Å². The second-order valence-electron chi connectivity index (χ2n) is 3.71. The molecule has 0 radical (unpaired) electrons. The number of anilines is 1. The molecule has 0 bridgehead atoms. The van der Waals surface area contributed by atoms with E-state index in [1.807, 2.05) is 26.0 Å². The number of benzene rings is 1. The second-order valence-corrected chi connectivity index (χ2v) is 4.14. The van der Waals surface area contributed by atoms with Gasteiger partial charge in [-0.25, -0.2) is 4.79 Å². The number of hydrogen-bond acceptors (Lipinski definition) is 2. The van der Waals surface area contributed by atoms with Crippen LogP contribution in [0.2, 0.25) is 5.02 Å². The van der Waals surface area contributed by atoms with Crippen LogP contribution in [0.25, 0.3) is 0 Å². The number of nitrogens with one attached hydrogen (secondary N) is 1. The van der Waals surface area contributed by atoms with Crippen LogP contribution >= 0.6 is 11.6 Å². The summed E-state index contributed by atoms with van der Waals surface area (Å²) in [5.41, 5.74) is 3.46. The van der Waals surface area contributed by atoms with Crippen LogP contribution in [0.15, 0.2) is 23.9 Å². The first-order chi connectivity index (χ1) is 7.40. The number of halogens is 1. The van der Waals surface area contributed by atoms with Gasteiger partial charge >= 0.3 is 5.97 Å². The number of hydrogen-bond donors (Lipinski definition) is 2. The average molecular weight is 240 g/mol. The van der Waals surface area contributed by atoms with E-state index in [2.05, 4.69) is 5.32 Å². The molecule has 0 aromatic heterocycles. The fraction of sp³-hybridized carbons (Fsp3) is 0.250. The molecule has 0 saturated heterocycles. The Labute approximate surface area is 99.7 Å². The van der Waals surface area contributed by atoms with Crippen molar-refractivity contribution < 1.29 is 9.90 Å². The van der Waals surface area contributed by atoms with Crippen molar-refractivity contribution in [2.24, 2.45) is 0 Å². The number of allylic oxidation sites excluding steroid dienone is 1. The van der Waals surface area contributed by atoms with Crippen molar-refractivity contribution in [2.75, 3.05) is 5.32 Å². The van der Waals surface area contributed by atoms with Crippen LogP contribution in [0.3, 0.4) is 0 Å². The van der Waals surface area contributed by atoms with Gasteiger partial charge < -0.3 is 10.4 Å². The van der Waals surface area contributed by atoms with Gasteiger partial charge in [-0.15, -0.1) is 0 Å². The van der Waals surface area contributed by atoms with Gasteiger partial charge in [0.1, 0.15) is 0 Å². The van der Waals surface area contributed by atoms with E-state index in [0.29, 0.717) is 10.7 Å². The molecular formula is C12H14ClNO2. The molecule has 0 amide bonds. The summed E-state index contributed by atoms with van der Waals surface area (Å²) in [5, 5.41) is 12.3. The number of rotatable bonds is 3. The maximum Gasteiger partial charge on any atom is 0.330 e. The highest BCUT2D eigenvalue weighted by Crippen LogP contribution is 2.25. The Balaban J connectivity index is 3.02. The standard InChI is InChI=1S/C12H14ClNO2/c1-7-4-10(13)5-8(2)12(7)14-9(3)6-11(15)16/h4-6,14H,1-3H3,(H,15,16)/b9-6+. The molecular weight excluding hydrogens is 226 g/mol. The number of aryl methyl sites for hydroxylation is 2. The lowest BCUT2D eigenvalue weighted by molar-refractivity contribution is -0.131. The topological polar surface area (TPSA) is 49.3 Å². The molecule has 16 heavy (non-hydrogen) atoms. The van der Waals surface area contributed by atoms with Crippen molar-refractivity contribution in [3.05, 3.63) is 40.1 Å². The Bertz CT molecular complexity index is 429. The molecule has 0 saturated carbocycles. The third kappa shape index (κ3) is 3.28. The predicted molar refractivity (Wildman–Crippen MR) is 65.9 cm³/mol. The molecule has 86 valence electrons. The molecule has 0 heterocycles. The molecule has 1 rings (SSSR count). The van der Waals surface area contributed by atoms with E-state index in [-0.39, 0.29) is 0 Å². The number of carbonyl (C=O) groups is 1. The molecule has 4 heteroatoms. The summed E-state index contributed by atoms with van der Waals surface area (Å²) < 4.78 is 0.